The van der Waals surface area contributed by atoms with Gasteiger partial charge in [0, 0.05) is 42.1 Å². The summed E-state index contributed by atoms with van der Waals surface area (Å²) in [7, 11) is 3.22. The molecule has 0 atom stereocenters. The molecule has 2 aromatic heterocycles. The number of nitrogens with two attached hydrogens (primary N) is 1. The zero-order valence-corrected chi connectivity index (χ0v) is 21.8. The Morgan fingerprint density at radius 1 is 1.08 bits per heavy atom. The molecule has 4 aromatic rings. The average Bonchev–Trinajstić information content (AvgIpc) is 3.32. The Morgan fingerprint density at radius 3 is 2.58 bits per heavy atom. The Labute approximate surface area is 217 Å². The van der Waals surface area contributed by atoms with Gasteiger partial charge in [0.15, 0.2) is 0 Å². The van der Waals surface area contributed by atoms with Crippen molar-refractivity contribution in [2.45, 2.75) is 50.7 Å². The molecule has 1 fully saturated rings. The van der Waals surface area contributed by atoms with Crippen LogP contribution in [0.25, 0.3) is 16.9 Å². The highest BCUT2D eigenvalue weighted by molar-refractivity contribution is 6.32. The molecular weight excluding hydrogens is 472 g/mol. The molecule has 0 spiro atoms. The van der Waals surface area contributed by atoms with Gasteiger partial charge in [-0.3, -0.25) is 0 Å². The van der Waals surface area contributed by atoms with Crippen LogP contribution in [0.5, 0.6) is 11.5 Å². The zero-order valence-electron chi connectivity index (χ0n) is 21.1. The lowest BCUT2D eigenvalue weighted by molar-refractivity contribution is 0.251. The number of hydrogen-bond donors (Lipinski definition) is 2. The van der Waals surface area contributed by atoms with E-state index in [1.165, 1.54) is 11.1 Å². The first-order chi connectivity index (χ1) is 17.4. The van der Waals surface area contributed by atoms with Crippen LogP contribution in [0.15, 0.2) is 60.9 Å². The molecule has 0 saturated heterocycles. The molecule has 0 unspecified atom stereocenters. The van der Waals surface area contributed by atoms with Crippen LogP contribution in [0.1, 0.15) is 42.4 Å². The maximum absolute atomic E-state index is 6.96. The van der Waals surface area contributed by atoms with E-state index in [0.29, 0.717) is 22.6 Å². The van der Waals surface area contributed by atoms with Crippen LogP contribution >= 0.6 is 11.6 Å². The molecule has 2 heterocycles. The smallest absolute Gasteiger partial charge is 0.141 e. The molecular formula is C29H33ClN4O2. The minimum absolute atomic E-state index is 0.351. The number of halogens is 1. The number of nitrogens with zero attached hydrogens (tertiary/aromatic N) is 2. The van der Waals surface area contributed by atoms with Crippen molar-refractivity contribution < 1.29 is 9.47 Å². The van der Waals surface area contributed by atoms with Gasteiger partial charge in [-0.15, -0.1) is 0 Å². The predicted molar refractivity (Wildman–Crippen MR) is 145 cm³/mol. The van der Waals surface area contributed by atoms with Gasteiger partial charge in [0.05, 0.1) is 24.9 Å². The van der Waals surface area contributed by atoms with Crippen LogP contribution < -0.4 is 20.5 Å². The summed E-state index contributed by atoms with van der Waals surface area (Å²) in [4.78, 5) is 4.88. The summed E-state index contributed by atoms with van der Waals surface area (Å²) in [6, 6.07) is 17.0. The minimum atomic E-state index is -0.351. The van der Waals surface area contributed by atoms with Crippen molar-refractivity contribution in [1.29, 1.82) is 0 Å². The number of hydrogen-bond acceptors (Lipinski definition) is 5. The number of ether oxygens (including phenoxy) is 2. The second-order valence-corrected chi connectivity index (χ2v) is 10.2. The van der Waals surface area contributed by atoms with Gasteiger partial charge in [-0.05, 0) is 61.9 Å². The number of pyridine rings is 1. The van der Waals surface area contributed by atoms with Crippen LogP contribution in [-0.2, 0) is 12.1 Å². The van der Waals surface area contributed by atoms with Gasteiger partial charge in [-0.25, -0.2) is 4.98 Å². The molecule has 188 valence electrons. The second kappa shape index (κ2) is 10.1. The Bertz CT molecular complexity index is 1380. The summed E-state index contributed by atoms with van der Waals surface area (Å²) in [5.41, 5.74) is 12.8. The molecule has 1 saturated carbocycles. The standard InChI is InChI=1S/C29H33ClN4O2/c1-19-5-4-6-20(13-19)17-32-22-7-10-29(31,11-8-22)21-9-12-34-18-25(33-28(34)14-21)23-15-24(30)27(36-3)16-26(23)35-2/h4-6,9,12-16,18,22,32H,7-8,10-11,17,31H2,1-3H3. The fourth-order valence-corrected chi connectivity index (χ4v) is 5.43. The summed E-state index contributed by atoms with van der Waals surface area (Å²) in [5.74, 6) is 1.23. The van der Waals surface area contributed by atoms with Crippen molar-refractivity contribution in [3.05, 3.63) is 82.6 Å². The van der Waals surface area contributed by atoms with E-state index in [1.807, 2.05) is 22.9 Å². The van der Waals surface area contributed by atoms with Crippen molar-refractivity contribution in [1.82, 2.24) is 14.7 Å². The molecule has 2 aromatic carbocycles. The molecule has 0 bridgehead atoms. The number of fused-ring (bicyclic) bond motifs is 1. The van der Waals surface area contributed by atoms with Crippen LogP contribution in [0.4, 0.5) is 0 Å². The van der Waals surface area contributed by atoms with Gasteiger partial charge in [0.1, 0.15) is 17.1 Å². The highest BCUT2D eigenvalue weighted by Gasteiger charge is 2.33. The molecule has 0 aliphatic heterocycles. The van der Waals surface area contributed by atoms with Gasteiger partial charge in [0.2, 0.25) is 0 Å². The number of rotatable bonds is 7. The highest BCUT2D eigenvalue weighted by Crippen LogP contribution is 2.39. The summed E-state index contributed by atoms with van der Waals surface area (Å²) in [6.45, 7) is 3.03. The molecule has 0 amide bonds. The van der Waals surface area contributed by atoms with Gasteiger partial charge >= 0.3 is 0 Å². The number of aromatic nitrogens is 2. The van der Waals surface area contributed by atoms with E-state index in [1.54, 1.807) is 20.3 Å². The SMILES string of the molecule is COc1cc(OC)c(-c2cn3ccc(C4(N)CCC(NCc5cccc(C)c5)CC4)cc3n2)cc1Cl. The quantitative estimate of drug-likeness (QED) is 0.329. The third kappa shape index (κ3) is 4.94. The van der Waals surface area contributed by atoms with Gasteiger partial charge in [0.25, 0.3) is 0 Å². The lowest BCUT2D eigenvalue weighted by Crippen LogP contribution is -2.45. The predicted octanol–water partition coefficient (Wildman–Crippen LogP) is 5.87. The maximum atomic E-state index is 6.96. The largest absolute Gasteiger partial charge is 0.496 e. The van der Waals surface area contributed by atoms with Crippen LogP contribution in [0, 0.1) is 6.92 Å². The topological polar surface area (TPSA) is 73.8 Å². The number of nitrogens with one attached hydrogen (secondary N) is 1. The Kier molecular flexibility index (Phi) is 6.93. The minimum Gasteiger partial charge on any atom is -0.496 e. The first kappa shape index (κ1) is 24.6. The van der Waals surface area contributed by atoms with E-state index < -0.39 is 0 Å². The molecule has 0 radical (unpaired) electrons. The zero-order chi connectivity index (χ0) is 25.3. The van der Waals surface area contributed by atoms with E-state index >= 15 is 0 Å². The van der Waals surface area contributed by atoms with E-state index in [4.69, 9.17) is 31.8 Å². The summed E-state index contributed by atoms with van der Waals surface area (Å²) < 4.78 is 12.9. The van der Waals surface area contributed by atoms with Crippen LogP contribution in [-0.4, -0.2) is 29.6 Å². The monoisotopic (exact) mass is 504 g/mol. The van der Waals surface area contributed by atoms with Crippen LogP contribution in [0.2, 0.25) is 5.02 Å². The van der Waals surface area contributed by atoms with E-state index in [-0.39, 0.29) is 5.54 Å². The lowest BCUT2D eigenvalue weighted by Gasteiger charge is -2.38. The fourth-order valence-electron chi connectivity index (χ4n) is 5.19. The first-order valence-corrected chi connectivity index (χ1v) is 12.8. The summed E-state index contributed by atoms with van der Waals surface area (Å²) >= 11 is 6.39. The maximum Gasteiger partial charge on any atom is 0.141 e. The van der Waals surface area contributed by atoms with Crippen molar-refractivity contribution in [3.63, 3.8) is 0 Å². The molecule has 3 N–H and O–H groups in total. The Morgan fingerprint density at radius 2 is 1.86 bits per heavy atom. The molecule has 1 aliphatic rings. The van der Waals surface area contributed by atoms with Gasteiger partial charge in [-0.1, -0.05) is 41.4 Å². The van der Waals surface area contributed by atoms with E-state index in [2.05, 4.69) is 48.6 Å². The highest BCUT2D eigenvalue weighted by atomic mass is 35.5. The first-order valence-electron chi connectivity index (χ1n) is 12.4. The molecule has 6 nitrogen and oxygen atoms in total. The second-order valence-electron chi connectivity index (χ2n) is 9.79. The van der Waals surface area contributed by atoms with Gasteiger partial charge < -0.3 is 24.9 Å². The molecule has 7 heteroatoms. The Hall–Kier alpha value is -3.06. The molecule has 5 rings (SSSR count). The van der Waals surface area contributed by atoms with Crippen molar-refractivity contribution in [3.8, 4) is 22.8 Å². The van der Waals surface area contributed by atoms with Gasteiger partial charge in [-0.2, -0.15) is 0 Å². The summed E-state index contributed by atoms with van der Waals surface area (Å²) in [5, 5.41) is 4.24. The van der Waals surface area contributed by atoms with Crippen molar-refractivity contribution >= 4 is 17.2 Å². The number of methoxy groups -OCH3 is 2. The number of imidazole rings is 1. The van der Waals surface area contributed by atoms with Crippen molar-refractivity contribution in [2.24, 2.45) is 5.73 Å². The Balaban J connectivity index is 1.31. The van der Waals surface area contributed by atoms with E-state index in [9.17, 15) is 0 Å². The van der Waals surface area contributed by atoms with E-state index in [0.717, 1.165) is 54.7 Å². The third-order valence-corrected chi connectivity index (χ3v) is 7.64. The normalized spacial score (nSPS) is 20.0. The number of benzene rings is 2. The average molecular weight is 505 g/mol. The number of aryl methyl sites for hydroxylation is 1. The lowest BCUT2D eigenvalue weighted by atomic mass is 9.76. The third-order valence-electron chi connectivity index (χ3n) is 7.34. The summed E-state index contributed by atoms with van der Waals surface area (Å²) in [6.07, 6.45) is 7.99. The van der Waals surface area contributed by atoms with Crippen molar-refractivity contribution in [2.75, 3.05) is 14.2 Å². The van der Waals surface area contributed by atoms with Crippen LogP contribution in [0.3, 0.4) is 0 Å². The fraction of sp³-hybridized carbons (Fsp3) is 0.345. The molecule has 36 heavy (non-hydrogen) atoms. The molecule has 1 aliphatic carbocycles.